The zero-order valence-corrected chi connectivity index (χ0v) is 14.1. The lowest BCUT2D eigenvalue weighted by Crippen LogP contribution is -2.39. The topological polar surface area (TPSA) is 55.8 Å². The Bertz CT molecular complexity index is 504. The van der Waals surface area contributed by atoms with E-state index in [1.165, 1.54) is 4.90 Å². The van der Waals surface area contributed by atoms with Gasteiger partial charge in [-0.3, -0.25) is 9.59 Å². The summed E-state index contributed by atoms with van der Waals surface area (Å²) in [5.41, 5.74) is 1.42. The Morgan fingerprint density at radius 3 is 2.67 bits per heavy atom. The van der Waals surface area contributed by atoms with Gasteiger partial charge < -0.3 is 14.4 Å². The minimum atomic E-state index is -0.422. The van der Waals surface area contributed by atoms with Crippen molar-refractivity contribution in [3.63, 3.8) is 0 Å². The van der Waals surface area contributed by atoms with E-state index in [0.717, 1.165) is 10.0 Å². The lowest BCUT2D eigenvalue weighted by molar-refractivity contribution is -0.143. The van der Waals surface area contributed by atoms with Crippen LogP contribution in [-0.2, 0) is 14.3 Å². The Labute approximate surface area is 133 Å². The fraction of sp³-hybridized carbons (Fsp3) is 0.467. The van der Waals surface area contributed by atoms with Crippen LogP contribution in [0.3, 0.4) is 0 Å². The normalized spacial score (nSPS) is 10.3. The summed E-state index contributed by atoms with van der Waals surface area (Å²) < 4.78 is 10.7. The van der Waals surface area contributed by atoms with Crippen molar-refractivity contribution in [3.05, 3.63) is 33.8 Å². The summed E-state index contributed by atoms with van der Waals surface area (Å²) in [6.07, 6.45) is 0. The molecule has 0 unspecified atom stereocenters. The molecule has 1 aromatic carbocycles. The summed E-state index contributed by atoms with van der Waals surface area (Å²) in [5.74, 6) is -0.631. The van der Waals surface area contributed by atoms with Crippen LogP contribution in [0, 0.1) is 6.92 Å². The van der Waals surface area contributed by atoms with Gasteiger partial charge in [-0.15, -0.1) is 0 Å². The molecule has 0 saturated heterocycles. The molecule has 116 valence electrons. The molecule has 1 rings (SSSR count). The number of amides is 1. The van der Waals surface area contributed by atoms with Gasteiger partial charge in [0.25, 0.3) is 5.91 Å². The van der Waals surface area contributed by atoms with Gasteiger partial charge >= 0.3 is 5.97 Å². The molecule has 0 N–H and O–H groups in total. The zero-order chi connectivity index (χ0) is 15.8. The third-order valence-electron chi connectivity index (χ3n) is 2.91. The van der Waals surface area contributed by atoms with E-state index in [2.05, 4.69) is 15.9 Å². The fourth-order valence-electron chi connectivity index (χ4n) is 1.81. The number of benzene rings is 1. The van der Waals surface area contributed by atoms with E-state index in [9.17, 15) is 9.59 Å². The van der Waals surface area contributed by atoms with Crippen LogP contribution in [0.25, 0.3) is 0 Å². The van der Waals surface area contributed by atoms with Crippen LogP contribution in [0.2, 0.25) is 0 Å². The first-order valence-electron chi connectivity index (χ1n) is 6.69. The van der Waals surface area contributed by atoms with Crippen LogP contribution in [0.5, 0.6) is 0 Å². The highest BCUT2D eigenvalue weighted by atomic mass is 79.9. The smallest absolute Gasteiger partial charge is 0.325 e. The SMILES string of the molecule is CCOC(=O)CN(CCOC)C(=O)c1cc(Br)ccc1C. The van der Waals surface area contributed by atoms with E-state index in [4.69, 9.17) is 9.47 Å². The van der Waals surface area contributed by atoms with Crippen molar-refractivity contribution in [2.24, 2.45) is 0 Å². The van der Waals surface area contributed by atoms with Crippen LogP contribution in [0.4, 0.5) is 0 Å². The minimum Gasteiger partial charge on any atom is -0.465 e. The van der Waals surface area contributed by atoms with Crippen molar-refractivity contribution in [3.8, 4) is 0 Å². The molecule has 0 bridgehead atoms. The second-order valence-corrected chi connectivity index (χ2v) is 5.40. The lowest BCUT2D eigenvalue weighted by atomic mass is 10.1. The molecule has 0 atom stereocenters. The molecule has 0 saturated carbocycles. The number of aryl methyl sites for hydroxylation is 1. The Balaban J connectivity index is 2.92. The van der Waals surface area contributed by atoms with Gasteiger partial charge in [-0.05, 0) is 31.5 Å². The molecule has 6 heteroatoms. The molecule has 0 heterocycles. The predicted octanol–water partition coefficient (Wildman–Crippen LogP) is 2.41. The summed E-state index contributed by atoms with van der Waals surface area (Å²) in [6, 6.07) is 5.48. The van der Waals surface area contributed by atoms with Gasteiger partial charge in [0.2, 0.25) is 0 Å². The molecule has 0 radical (unpaired) electrons. The van der Waals surface area contributed by atoms with Crippen LogP contribution in [0.15, 0.2) is 22.7 Å². The van der Waals surface area contributed by atoms with Crippen molar-refractivity contribution in [1.29, 1.82) is 0 Å². The Morgan fingerprint density at radius 2 is 2.05 bits per heavy atom. The summed E-state index contributed by atoms with van der Waals surface area (Å²) in [7, 11) is 1.55. The average molecular weight is 358 g/mol. The van der Waals surface area contributed by atoms with Gasteiger partial charge in [-0.25, -0.2) is 0 Å². The number of halogens is 1. The van der Waals surface area contributed by atoms with Gasteiger partial charge in [-0.1, -0.05) is 22.0 Å². The van der Waals surface area contributed by atoms with Gasteiger partial charge in [0.15, 0.2) is 0 Å². The number of esters is 1. The van der Waals surface area contributed by atoms with Gasteiger partial charge in [-0.2, -0.15) is 0 Å². The summed E-state index contributed by atoms with van der Waals surface area (Å²) in [6.45, 7) is 4.50. The molecular formula is C15H20BrNO4. The summed E-state index contributed by atoms with van der Waals surface area (Å²) in [4.78, 5) is 25.7. The number of rotatable bonds is 7. The van der Waals surface area contributed by atoms with E-state index >= 15 is 0 Å². The van der Waals surface area contributed by atoms with Crippen LogP contribution in [0.1, 0.15) is 22.8 Å². The zero-order valence-electron chi connectivity index (χ0n) is 12.5. The van der Waals surface area contributed by atoms with E-state index in [-0.39, 0.29) is 12.5 Å². The second kappa shape index (κ2) is 8.79. The van der Waals surface area contributed by atoms with E-state index < -0.39 is 5.97 Å². The highest BCUT2D eigenvalue weighted by molar-refractivity contribution is 9.10. The van der Waals surface area contributed by atoms with Crippen molar-refractivity contribution in [1.82, 2.24) is 4.90 Å². The van der Waals surface area contributed by atoms with Crippen molar-refractivity contribution >= 4 is 27.8 Å². The van der Waals surface area contributed by atoms with Gasteiger partial charge in [0.05, 0.1) is 13.2 Å². The molecule has 0 aromatic heterocycles. The largest absolute Gasteiger partial charge is 0.465 e. The molecular weight excluding hydrogens is 338 g/mol. The number of methoxy groups -OCH3 is 1. The van der Waals surface area contributed by atoms with E-state index in [0.29, 0.717) is 25.3 Å². The fourth-order valence-corrected chi connectivity index (χ4v) is 2.17. The quantitative estimate of drug-likeness (QED) is 0.703. The first kappa shape index (κ1) is 17.7. The number of nitrogens with zero attached hydrogens (tertiary/aromatic N) is 1. The molecule has 5 nitrogen and oxygen atoms in total. The van der Waals surface area contributed by atoms with Crippen molar-refractivity contribution in [2.45, 2.75) is 13.8 Å². The number of hydrogen-bond donors (Lipinski definition) is 0. The monoisotopic (exact) mass is 357 g/mol. The van der Waals surface area contributed by atoms with Crippen molar-refractivity contribution in [2.75, 3.05) is 33.4 Å². The Morgan fingerprint density at radius 1 is 1.33 bits per heavy atom. The van der Waals surface area contributed by atoms with E-state index in [1.807, 2.05) is 19.1 Å². The molecule has 0 aliphatic carbocycles. The maximum absolute atomic E-state index is 12.6. The second-order valence-electron chi connectivity index (χ2n) is 4.48. The van der Waals surface area contributed by atoms with Crippen LogP contribution in [-0.4, -0.2) is 50.2 Å². The number of carbonyl (C=O) groups is 2. The highest BCUT2D eigenvalue weighted by Gasteiger charge is 2.21. The molecule has 1 aromatic rings. The van der Waals surface area contributed by atoms with Crippen LogP contribution < -0.4 is 0 Å². The first-order valence-corrected chi connectivity index (χ1v) is 7.48. The number of ether oxygens (including phenoxy) is 2. The van der Waals surface area contributed by atoms with Crippen molar-refractivity contribution < 1.29 is 19.1 Å². The highest BCUT2D eigenvalue weighted by Crippen LogP contribution is 2.18. The molecule has 21 heavy (non-hydrogen) atoms. The molecule has 0 fully saturated rings. The van der Waals surface area contributed by atoms with Crippen LogP contribution >= 0.6 is 15.9 Å². The molecule has 1 amide bonds. The predicted molar refractivity (Wildman–Crippen MR) is 83.3 cm³/mol. The number of hydrogen-bond acceptors (Lipinski definition) is 4. The molecule has 0 aliphatic heterocycles. The molecule has 0 spiro atoms. The Hall–Kier alpha value is -1.40. The summed E-state index contributed by atoms with van der Waals surface area (Å²) in [5, 5.41) is 0. The van der Waals surface area contributed by atoms with E-state index in [1.54, 1.807) is 20.1 Å². The summed E-state index contributed by atoms with van der Waals surface area (Å²) >= 11 is 3.36. The molecule has 0 aliphatic rings. The standard InChI is InChI=1S/C15H20BrNO4/c1-4-21-14(18)10-17(7-8-20-3)15(19)13-9-12(16)6-5-11(13)2/h5-6,9H,4,7-8,10H2,1-3H3. The minimum absolute atomic E-state index is 0.0814. The first-order chi connectivity index (χ1) is 9.99. The Kier molecular flexibility index (Phi) is 7.39. The third-order valence-corrected chi connectivity index (χ3v) is 3.40. The lowest BCUT2D eigenvalue weighted by Gasteiger charge is -2.22. The number of carbonyl (C=O) groups excluding carboxylic acids is 2. The maximum Gasteiger partial charge on any atom is 0.325 e. The van der Waals surface area contributed by atoms with Gasteiger partial charge in [0, 0.05) is 23.7 Å². The average Bonchev–Trinajstić information content (AvgIpc) is 2.45. The maximum atomic E-state index is 12.6. The van der Waals surface area contributed by atoms with Gasteiger partial charge in [0.1, 0.15) is 6.54 Å². The third kappa shape index (κ3) is 5.47.